The van der Waals surface area contributed by atoms with Crippen LogP contribution < -0.4 is 26.0 Å². The molecule has 4 N–H and O–H groups in total. The fourth-order valence-electron chi connectivity index (χ4n) is 2.60. The monoisotopic (exact) mass is 412 g/mol. The van der Waals surface area contributed by atoms with E-state index in [0.717, 1.165) is 0 Å². The van der Waals surface area contributed by atoms with Gasteiger partial charge in [0.25, 0.3) is 5.91 Å². The molecule has 0 fully saturated rings. The van der Waals surface area contributed by atoms with Crippen molar-refractivity contribution in [2.24, 2.45) is 0 Å². The number of benzene rings is 1. The van der Waals surface area contributed by atoms with Gasteiger partial charge in [0.1, 0.15) is 0 Å². The molecule has 0 bridgehead atoms. The lowest BCUT2D eigenvalue weighted by Crippen LogP contribution is -2.26. The normalized spacial score (nSPS) is 10.3. The van der Waals surface area contributed by atoms with Crippen molar-refractivity contribution in [2.45, 2.75) is 6.92 Å². The van der Waals surface area contributed by atoms with E-state index in [9.17, 15) is 9.59 Å². The summed E-state index contributed by atoms with van der Waals surface area (Å²) < 4.78 is 10.6. The lowest BCUT2D eigenvalue weighted by molar-refractivity contribution is 0.0958. The number of ether oxygens (including phenoxy) is 1. The van der Waals surface area contributed by atoms with Crippen LogP contribution in [0.15, 0.2) is 28.8 Å². The van der Waals surface area contributed by atoms with E-state index in [-0.39, 0.29) is 11.5 Å². The van der Waals surface area contributed by atoms with E-state index >= 15 is 0 Å². The summed E-state index contributed by atoms with van der Waals surface area (Å²) in [6.07, 6.45) is 0. The van der Waals surface area contributed by atoms with Crippen molar-refractivity contribution in [1.29, 1.82) is 0 Å². The summed E-state index contributed by atoms with van der Waals surface area (Å²) in [6.45, 7) is 1.68. The molecule has 0 unspecified atom stereocenters. The summed E-state index contributed by atoms with van der Waals surface area (Å²) in [5.74, 6) is 0.887. The molecule has 0 aliphatic heterocycles. The van der Waals surface area contributed by atoms with Crippen LogP contribution in [0.3, 0.4) is 0 Å². The number of nitrogens with zero attached hydrogens (tertiary/aromatic N) is 4. The van der Waals surface area contributed by atoms with Gasteiger partial charge < -0.3 is 25.2 Å². The number of amides is 3. The number of methoxy groups -OCH3 is 1. The van der Waals surface area contributed by atoms with Gasteiger partial charge in [-0.3, -0.25) is 10.1 Å². The maximum atomic E-state index is 12.2. The van der Waals surface area contributed by atoms with Gasteiger partial charge in [-0.2, -0.15) is 4.98 Å². The van der Waals surface area contributed by atoms with Crippen molar-refractivity contribution in [3.8, 4) is 17.1 Å². The van der Waals surface area contributed by atoms with E-state index in [1.165, 1.54) is 27.3 Å². The summed E-state index contributed by atoms with van der Waals surface area (Å²) in [4.78, 5) is 28.1. The Morgan fingerprint density at radius 3 is 2.53 bits per heavy atom. The summed E-state index contributed by atoms with van der Waals surface area (Å²) in [7, 11) is 4.45. The third kappa shape index (κ3) is 4.27. The van der Waals surface area contributed by atoms with Gasteiger partial charge in [0.15, 0.2) is 17.3 Å². The second-order valence-corrected chi connectivity index (χ2v) is 5.92. The predicted octanol–water partition coefficient (Wildman–Crippen LogP) is 1.70. The molecule has 0 atom stereocenters. The number of carbonyl (C=O) groups is 2. The quantitative estimate of drug-likeness (QED) is 0.473. The maximum Gasteiger partial charge on any atom is 0.320 e. The molecule has 1 aromatic carbocycles. The van der Waals surface area contributed by atoms with Crippen molar-refractivity contribution < 1.29 is 18.8 Å². The van der Waals surface area contributed by atoms with Crippen LogP contribution in [0.5, 0.6) is 5.75 Å². The van der Waals surface area contributed by atoms with Crippen LogP contribution in [0.2, 0.25) is 0 Å². The number of aromatic nitrogens is 4. The fourth-order valence-corrected chi connectivity index (χ4v) is 2.60. The summed E-state index contributed by atoms with van der Waals surface area (Å²) >= 11 is 0. The van der Waals surface area contributed by atoms with Crippen molar-refractivity contribution in [3.63, 3.8) is 0 Å². The molecule has 0 saturated carbocycles. The van der Waals surface area contributed by atoms with Crippen LogP contribution in [0, 0.1) is 6.92 Å². The Balaban J connectivity index is 2.05. The van der Waals surface area contributed by atoms with Gasteiger partial charge >= 0.3 is 6.03 Å². The zero-order chi connectivity index (χ0) is 21.7. The molecule has 0 radical (unpaired) electrons. The zero-order valence-electron chi connectivity index (χ0n) is 16.7. The largest absolute Gasteiger partial charge is 0.494 e. The summed E-state index contributed by atoms with van der Waals surface area (Å²) in [6, 6.07) is 6.29. The topological polar surface area (TPSA) is 156 Å². The first-order valence-electron chi connectivity index (χ1n) is 8.80. The molecule has 2 aromatic heterocycles. The molecule has 0 aliphatic rings. The van der Waals surface area contributed by atoms with E-state index in [0.29, 0.717) is 34.4 Å². The van der Waals surface area contributed by atoms with E-state index < -0.39 is 11.9 Å². The van der Waals surface area contributed by atoms with Gasteiger partial charge in [0.2, 0.25) is 11.7 Å². The molecule has 30 heavy (non-hydrogen) atoms. The number of anilines is 3. The van der Waals surface area contributed by atoms with Gasteiger partial charge in [0, 0.05) is 27.1 Å². The zero-order valence-corrected chi connectivity index (χ0v) is 16.7. The Kier molecular flexibility index (Phi) is 6.05. The van der Waals surface area contributed by atoms with Crippen LogP contribution >= 0.6 is 0 Å². The highest BCUT2D eigenvalue weighted by Crippen LogP contribution is 2.37. The lowest BCUT2D eigenvalue weighted by Gasteiger charge is -2.16. The molecule has 3 aromatic rings. The van der Waals surface area contributed by atoms with Crippen LogP contribution in [-0.2, 0) is 0 Å². The Bertz CT molecular complexity index is 1080. The SMILES string of the molecule is CNC(=O)Nc1cc(Nc2cccc(-c3noc(C)n3)c2OC)c(C(=O)NC)nn1. The molecule has 12 heteroatoms. The van der Waals surface area contributed by atoms with Gasteiger partial charge in [-0.1, -0.05) is 11.2 Å². The highest BCUT2D eigenvalue weighted by molar-refractivity contribution is 5.99. The lowest BCUT2D eigenvalue weighted by atomic mass is 10.1. The molecule has 156 valence electrons. The smallest absolute Gasteiger partial charge is 0.320 e. The molecule has 0 saturated heterocycles. The fraction of sp³-hybridized carbons (Fsp3) is 0.222. The number of nitrogens with one attached hydrogen (secondary N) is 4. The first kappa shape index (κ1) is 20.5. The standard InChI is InChI=1S/C18H20N8O4/c1-9-21-16(26-30-9)10-6-5-7-11(15(10)29-4)22-12-8-13(23-18(28)20-3)24-25-14(12)17(27)19-2/h5-8H,1-4H3,(H,19,27)(H3,20,22,23,24,28). The number of hydrogen-bond acceptors (Lipinski definition) is 9. The van der Waals surface area contributed by atoms with Gasteiger partial charge in [0.05, 0.1) is 24.0 Å². The summed E-state index contributed by atoms with van der Waals surface area (Å²) in [5.41, 5.74) is 1.44. The molecule has 12 nitrogen and oxygen atoms in total. The van der Waals surface area contributed by atoms with Gasteiger partial charge in [-0.15, -0.1) is 10.2 Å². The molecule has 3 amide bonds. The highest BCUT2D eigenvalue weighted by atomic mass is 16.5. The molecular formula is C18H20N8O4. The third-order valence-electron chi connectivity index (χ3n) is 3.96. The van der Waals surface area contributed by atoms with Gasteiger partial charge in [-0.25, -0.2) is 4.79 Å². The number of para-hydroxylation sites is 1. The first-order valence-corrected chi connectivity index (χ1v) is 8.80. The maximum absolute atomic E-state index is 12.2. The predicted molar refractivity (Wildman–Crippen MR) is 108 cm³/mol. The molecule has 0 spiro atoms. The molecule has 0 aliphatic carbocycles. The van der Waals surface area contributed by atoms with E-state index in [1.54, 1.807) is 25.1 Å². The first-order chi connectivity index (χ1) is 14.5. The minimum absolute atomic E-state index is 0.0304. The Morgan fingerprint density at radius 2 is 1.90 bits per heavy atom. The minimum atomic E-state index is -0.477. The van der Waals surface area contributed by atoms with E-state index in [2.05, 4.69) is 41.6 Å². The van der Waals surface area contributed by atoms with Crippen molar-refractivity contribution in [2.75, 3.05) is 31.8 Å². The minimum Gasteiger partial charge on any atom is -0.494 e. The molecule has 2 heterocycles. The third-order valence-corrected chi connectivity index (χ3v) is 3.96. The van der Waals surface area contributed by atoms with Gasteiger partial charge in [-0.05, 0) is 12.1 Å². The van der Waals surface area contributed by atoms with Crippen molar-refractivity contribution >= 4 is 29.1 Å². The van der Waals surface area contributed by atoms with Crippen molar-refractivity contribution in [3.05, 3.63) is 35.9 Å². The number of carbonyl (C=O) groups excluding carboxylic acids is 2. The van der Waals surface area contributed by atoms with Crippen LogP contribution in [-0.4, -0.2) is 53.5 Å². The average Bonchev–Trinajstić information content (AvgIpc) is 3.19. The molecular weight excluding hydrogens is 392 g/mol. The summed E-state index contributed by atoms with van der Waals surface area (Å²) in [5, 5.41) is 22.3. The van der Waals surface area contributed by atoms with E-state index in [1.807, 2.05) is 0 Å². The average molecular weight is 412 g/mol. The number of aryl methyl sites for hydroxylation is 1. The van der Waals surface area contributed by atoms with Crippen LogP contribution in [0.25, 0.3) is 11.4 Å². The van der Waals surface area contributed by atoms with Crippen LogP contribution in [0.4, 0.5) is 22.0 Å². The Morgan fingerprint density at radius 1 is 1.10 bits per heavy atom. The second kappa shape index (κ2) is 8.86. The number of rotatable bonds is 6. The molecule has 3 rings (SSSR count). The number of hydrogen-bond donors (Lipinski definition) is 4. The van der Waals surface area contributed by atoms with Crippen LogP contribution in [0.1, 0.15) is 16.4 Å². The highest BCUT2D eigenvalue weighted by Gasteiger charge is 2.19. The second-order valence-electron chi connectivity index (χ2n) is 5.92. The van der Waals surface area contributed by atoms with Crippen molar-refractivity contribution in [1.82, 2.24) is 31.0 Å². The number of urea groups is 1. The van der Waals surface area contributed by atoms with E-state index in [4.69, 9.17) is 9.26 Å². The Hall–Kier alpha value is -4.22. The Labute approximate surface area is 171 Å².